The van der Waals surface area contributed by atoms with Crippen molar-refractivity contribution >= 4 is 17.4 Å². The van der Waals surface area contributed by atoms with Gasteiger partial charge in [0.25, 0.3) is 0 Å². The molecule has 20 heavy (non-hydrogen) atoms. The molecule has 1 heterocycles. The van der Waals surface area contributed by atoms with Crippen molar-refractivity contribution in [2.75, 3.05) is 5.32 Å². The van der Waals surface area contributed by atoms with Crippen molar-refractivity contribution in [1.82, 2.24) is 9.78 Å². The van der Waals surface area contributed by atoms with Crippen molar-refractivity contribution in [2.45, 2.75) is 26.8 Å². The largest absolute Gasteiger partial charge is 0.326 e. The summed E-state index contributed by atoms with van der Waals surface area (Å²) < 4.78 is 1.74. The van der Waals surface area contributed by atoms with Crippen LogP contribution in [0.1, 0.15) is 29.3 Å². The van der Waals surface area contributed by atoms with Crippen LogP contribution < -0.4 is 5.32 Å². The molecule has 5 heteroatoms. The van der Waals surface area contributed by atoms with Gasteiger partial charge in [0.2, 0.25) is 5.91 Å². The number of nitrogens with one attached hydrogen (secondary N) is 1. The highest BCUT2D eigenvalue weighted by atomic mass is 16.1. The van der Waals surface area contributed by atoms with E-state index >= 15 is 0 Å². The number of carbonyl (C=O) groups excluding carboxylic acids is 2. The van der Waals surface area contributed by atoms with Crippen LogP contribution in [-0.4, -0.2) is 21.5 Å². The molecule has 0 spiro atoms. The number of ketones is 1. The first-order valence-electron chi connectivity index (χ1n) is 6.44. The van der Waals surface area contributed by atoms with E-state index in [2.05, 4.69) is 10.4 Å². The Morgan fingerprint density at radius 1 is 1.25 bits per heavy atom. The van der Waals surface area contributed by atoms with Gasteiger partial charge in [0.15, 0.2) is 5.78 Å². The van der Waals surface area contributed by atoms with E-state index in [0.29, 0.717) is 24.2 Å². The molecule has 1 N–H and O–H groups in total. The summed E-state index contributed by atoms with van der Waals surface area (Å²) in [5, 5.41) is 6.92. The Balaban J connectivity index is 1.86. The third-order valence-electron chi connectivity index (χ3n) is 2.91. The van der Waals surface area contributed by atoms with E-state index < -0.39 is 0 Å². The summed E-state index contributed by atoms with van der Waals surface area (Å²) >= 11 is 0. The molecule has 1 aromatic heterocycles. The smallest absolute Gasteiger partial charge is 0.226 e. The van der Waals surface area contributed by atoms with Crippen LogP contribution in [0, 0.1) is 6.92 Å². The Kier molecular flexibility index (Phi) is 4.30. The molecule has 2 rings (SSSR count). The first-order chi connectivity index (χ1) is 9.54. The quantitative estimate of drug-likeness (QED) is 0.849. The lowest BCUT2D eigenvalue weighted by molar-refractivity contribution is -0.116. The molecule has 1 amide bonds. The van der Waals surface area contributed by atoms with E-state index in [-0.39, 0.29) is 11.7 Å². The molecular weight excluding hydrogens is 254 g/mol. The maximum Gasteiger partial charge on any atom is 0.226 e. The minimum absolute atomic E-state index is 0.0110. The Morgan fingerprint density at radius 3 is 2.50 bits per heavy atom. The summed E-state index contributed by atoms with van der Waals surface area (Å²) in [6, 6.07) is 6.86. The van der Waals surface area contributed by atoms with E-state index in [0.717, 1.165) is 5.56 Å². The summed E-state index contributed by atoms with van der Waals surface area (Å²) in [4.78, 5) is 22.9. The van der Waals surface area contributed by atoms with Crippen LogP contribution in [0.15, 0.2) is 36.7 Å². The van der Waals surface area contributed by atoms with Crippen molar-refractivity contribution < 1.29 is 9.59 Å². The van der Waals surface area contributed by atoms with Crippen molar-refractivity contribution in [3.8, 4) is 0 Å². The van der Waals surface area contributed by atoms with E-state index in [1.807, 2.05) is 13.1 Å². The number of carbonyl (C=O) groups is 2. The molecule has 0 saturated carbocycles. The van der Waals surface area contributed by atoms with Crippen LogP contribution in [0.5, 0.6) is 0 Å². The molecule has 0 saturated heterocycles. The van der Waals surface area contributed by atoms with Crippen LogP contribution in [0.3, 0.4) is 0 Å². The van der Waals surface area contributed by atoms with Gasteiger partial charge in [0.1, 0.15) is 0 Å². The van der Waals surface area contributed by atoms with Gasteiger partial charge in [-0.25, -0.2) is 0 Å². The number of Topliss-reactive ketones (excluding diaryl/α,β-unsaturated/α-hetero) is 1. The fourth-order valence-electron chi connectivity index (χ4n) is 1.82. The number of benzene rings is 1. The van der Waals surface area contributed by atoms with Gasteiger partial charge in [-0.1, -0.05) is 0 Å². The Bertz CT molecular complexity index is 614. The second-order valence-electron chi connectivity index (χ2n) is 4.71. The standard InChI is InChI=1S/C15H17N3O2/c1-11-9-16-18(10-11)8-7-15(20)17-14-5-3-13(4-6-14)12(2)19/h3-6,9-10H,7-8H2,1-2H3,(H,17,20). The van der Waals surface area contributed by atoms with E-state index in [9.17, 15) is 9.59 Å². The zero-order valence-corrected chi connectivity index (χ0v) is 11.6. The third kappa shape index (κ3) is 3.78. The molecule has 0 unspecified atom stereocenters. The fraction of sp³-hybridized carbons (Fsp3) is 0.267. The molecule has 0 aliphatic carbocycles. The molecule has 0 aliphatic rings. The minimum atomic E-state index is -0.0753. The minimum Gasteiger partial charge on any atom is -0.326 e. The monoisotopic (exact) mass is 271 g/mol. The molecule has 1 aromatic carbocycles. The molecule has 2 aromatic rings. The van der Waals surface area contributed by atoms with E-state index in [4.69, 9.17) is 0 Å². The van der Waals surface area contributed by atoms with E-state index in [1.54, 1.807) is 35.1 Å². The van der Waals surface area contributed by atoms with Gasteiger partial charge in [0.05, 0.1) is 6.20 Å². The topological polar surface area (TPSA) is 64.0 Å². The van der Waals surface area contributed by atoms with Crippen molar-refractivity contribution in [3.05, 3.63) is 47.8 Å². The number of rotatable bonds is 5. The average Bonchev–Trinajstić information content (AvgIpc) is 2.83. The van der Waals surface area contributed by atoms with Crippen LogP contribution in [0.4, 0.5) is 5.69 Å². The number of hydrogen-bond donors (Lipinski definition) is 1. The van der Waals surface area contributed by atoms with Gasteiger partial charge < -0.3 is 5.32 Å². The first-order valence-corrected chi connectivity index (χ1v) is 6.44. The highest BCUT2D eigenvalue weighted by Crippen LogP contribution is 2.10. The average molecular weight is 271 g/mol. The lowest BCUT2D eigenvalue weighted by atomic mass is 10.1. The highest BCUT2D eigenvalue weighted by molar-refractivity contribution is 5.95. The van der Waals surface area contributed by atoms with Gasteiger partial charge in [-0.15, -0.1) is 0 Å². The maximum atomic E-state index is 11.8. The molecular formula is C15H17N3O2. The third-order valence-corrected chi connectivity index (χ3v) is 2.91. The Morgan fingerprint density at radius 2 is 1.95 bits per heavy atom. The Hall–Kier alpha value is -2.43. The normalized spacial score (nSPS) is 10.3. The second-order valence-corrected chi connectivity index (χ2v) is 4.71. The van der Waals surface area contributed by atoms with Gasteiger partial charge in [-0.2, -0.15) is 5.10 Å². The van der Waals surface area contributed by atoms with Gasteiger partial charge in [-0.3, -0.25) is 14.3 Å². The lowest BCUT2D eigenvalue weighted by Crippen LogP contribution is -2.14. The molecule has 0 radical (unpaired) electrons. The number of hydrogen-bond acceptors (Lipinski definition) is 3. The lowest BCUT2D eigenvalue weighted by Gasteiger charge is -2.06. The van der Waals surface area contributed by atoms with Crippen molar-refractivity contribution in [3.63, 3.8) is 0 Å². The summed E-state index contributed by atoms with van der Waals surface area (Å²) in [5.74, 6) is -0.0642. The van der Waals surface area contributed by atoms with Crippen molar-refractivity contribution in [2.24, 2.45) is 0 Å². The van der Waals surface area contributed by atoms with Crippen LogP contribution in [0.2, 0.25) is 0 Å². The number of anilines is 1. The van der Waals surface area contributed by atoms with Crippen LogP contribution >= 0.6 is 0 Å². The predicted octanol–water partition coefficient (Wildman–Crippen LogP) is 2.42. The summed E-state index contributed by atoms with van der Waals surface area (Å²) in [5.41, 5.74) is 2.40. The SMILES string of the molecule is CC(=O)c1ccc(NC(=O)CCn2cc(C)cn2)cc1. The second kappa shape index (κ2) is 6.14. The number of nitrogens with zero attached hydrogens (tertiary/aromatic N) is 2. The van der Waals surface area contributed by atoms with Gasteiger partial charge in [-0.05, 0) is 43.7 Å². The molecule has 0 bridgehead atoms. The molecule has 0 aliphatic heterocycles. The molecule has 104 valence electrons. The van der Waals surface area contributed by atoms with Gasteiger partial charge >= 0.3 is 0 Å². The van der Waals surface area contributed by atoms with Crippen LogP contribution in [0.25, 0.3) is 0 Å². The van der Waals surface area contributed by atoms with E-state index in [1.165, 1.54) is 6.92 Å². The first kappa shape index (κ1) is 14.0. The molecule has 0 atom stereocenters. The summed E-state index contributed by atoms with van der Waals surface area (Å²) in [7, 11) is 0. The predicted molar refractivity (Wildman–Crippen MR) is 76.7 cm³/mol. The zero-order chi connectivity index (χ0) is 14.5. The van der Waals surface area contributed by atoms with Crippen LogP contribution in [-0.2, 0) is 11.3 Å². The zero-order valence-electron chi connectivity index (χ0n) is 11.6. The fourth-order valence-corrected chi connectivity index (χ4v) is 1.82. The number of aromatic nitrogens is 2. The number of amides is 1. The molecule has 0 fully saturated rings. The van der Waals surface area contributed by atoms with Gasteiger partial charge in [0, 0.05) is 30.4 Å². The van der Waals surface area contributed by atoms with Crippen molar-refractivity contribution in [1.29, 1.82) is 0 Å². The summed E-state index contributed by atoms with van der Waals surface area (Å²) in [6.45, 7) is 4.02. The highest BCUT2D eigenvalue weighted by Gasteiger charge is 2.04. The number of aryl methyl sites for hydroxylation is 2. The maximum absolute atomic E-state index is 11.8. The Labute approximate surface area is 117 Å². The molecule has 5 nitrogen and oxygen atoms in total. The summed E-state index contributed by atoms with van der Waals surface area (Å²) in [6.07, 6.45) is 4.02.